The van der Waals surface area contributed by atoms with Gasteiger partial charge in [0.2, 0.25) is 5.78 Å². The van der Waals surface area contributed by atoms with Gasteiger partial charge in [-0.25, -0.2) is 13.8 Å². The second-order valence-electron chi connectivity index (χ2n) is 8.33. The maximum atomic E-state index is 14.2. The Morgan fingerprint density at radius 2 is 1.88 bits per heavy atom. The van der Waals surface area contributed by atoms with Crippen LogP contribution < -0.4 is 21.7 Å². The van der Waals surface area contributed by atoms with Crippen LogP contribution in [0.4, 0.5) is 25.4 Å². The lowest BCUT2D eigenvalue weighted by atomic mass is 10.1. The maximum Gasteiger partial charge on any atom is 0.251 e. The Hall–Kier alpha value is -3.37. The van der Waals surface area contributed by atoms with Gasteiger partial charge in [0.05, 0.1) is 5.56 Å². The van der Waals surface area contributed by atoms with Crippen LogP contribution in [0.1, 0.15) is 50.9 Å². The average Bonchev–Trinajstić information content (AvgIpc) is 3.43. The summed E-state index contributed by atoms with van der Waals surface area (Å²) in [5.74, 6) is -3.05. The zero-order valence-corrected chi connectivity index (χ0v) is 19.6. The van der Waals surface area contributed by atoms with E-state index >= 15 is 0 Å². The number of anilines is 3. The predicted molar refractivity (Wildman–Crippen MR) is 129 cm³/mol. The molecule has 178 valence electrons. The van der Waals surface area contributed by atoms with Crippen molar-refractivity contribution in [2.24, 2.45) is 0 Å². The SMILES string of the molecule is Cc1cc(F)c(C(=O)c2sc(Nc3ccc(C(=O)NC(C)[C@@H]4CCCN4)cc3)nc2N)c(F)c1. The van der Waals surface area contributed by atoms with Crippen LogP contribution in [0.5, 0.6) is 0 Å². The fourth-order valence-corrected chi connectivity index (χ4v) is 4.79. The number of nitrogens with one attached hydrogen (secondary N) is 3. The second-order valence-corrected chi connectivity index (χ2v) is 9.33. The molecule has 0 saturated carbocycles. The van der Waals surface area contributed by atoms with Crippen LogP contribution in [0.2, 0.25) is 0 Å². The van der Waals surface area contributed by atoms with Gasteiger partial charge in [0.15, 0.2) is 5.13 Å². The lowest BCUT2D eigenvalue weighted by Crippen LogP contribution is -2.45. The summed E-state index contributed by atoms with van der Waals surface area (Å²) in [6.45, 7) is 4.48. The third-order valence-electron chi connectivity index (χ3n) is 5.73. The minimum absolute atomic E-state index is 0.0188. The molecule has 2 aromatic carbocycles. The number of benzene rings is 2. The first-order chi connectivity index (χ1) is 16.2. The van der Waals surface area contributed by atoms with E-state index < -0.39 is 23.0 Å². The molecule has 1 unspecified atom stereocenters. The van der Waals surface area contributed by atoms with Crippen LogP contribution in [-0.2, 0) is 0 Å². The smallest absolute Gasteiger partial charge is 0.251 e. The van der Waals surface area contributed by atoms with Crippen LogP contribution in [-0.4, -0.2) is 35.3 Å². The zero-order chi connectivity index (χ0) is 24.4. The number of hydrogen-bond acceptors (Lipinski definition) is 7. The number of nitrogens with zero attached hydrogens (tertiary/aromatic N) is 1. The van der Waals surface area contributed by atoms with E-state index in [4.69, 9.17) is 5.73 Å². The van der Waals surface area contributed by atoms with Crippen molar-refractivity contribution in [2.75, 3.05) is 17.6 Å². The van der Waals surface area contributed by atoms with Crippen LogP contribution in [0, 0.1) is 18.6 Å². The molecule has 0 aliphatic carbocycles. The minimum Gasteiger partial charge on any atom is -0.382 e. The molecule has 0 spiro atoms. The van der Waals surface area contributed by atoms with Crippen molar-refractivity contribution in [3.63, 3.8) is 0 Å². The Balaban J connectivity index is 1.44. The standard InChI is InChI=1S/C24H25F2N5O2S/c1-12-10-16(25)19(17(26)11-12)20(32)21-22(27)31-24(34-21)30-15-7-5-14(6-8-15)23(33)29-13(2)18-4-3-9-28-18/h5-8,10-11,13,18,28H,3-4,9,27H2,1-2H3,(H,29,33)(H,30,31)/t13?,18-/m0/s1. The number of carbonyl (C=O) groups excluding carboxylic acids is 2. The van der Waals surface area contributed by atoms with Crippen molar-refractivity contribution in [3.8, 4) is 0 Å². The molecule has 5 N–H and O–H groups in total. The molecule has 4 rings (SSSR count). The number of nitrogens with two attached hydrogens (primary N) is 1. The van der Waals surface area contributed by atoms with Crippen LogP contribution >= 0.6 is 11.3 Å². The van der Waals surface area contributed by atoms with Crippen LogP contribution in [0.25, 0.3) is 0 Å². The molecule has 2 atom stereocenters. The van der Waals surface area contributed by atoms with Gasteiger partial charge < -0.3 is 21.7 Å². The summed E-state index contributed by atoms with van der Waals surface area (Å²) in [6, 6.07) is 9.23. The summed E-state index contributed by atoms with van der Waals surface area (Å²) in [5, 5.41) is 9.68. The molecule has 10 heteroatoms. The number of halogens is 2. The molecule has 1 amide bonds. The summed E-state index contributed by atoms with van der Waals surface area (Å²) in [4.78, 5) is 29.3. The molecule has 1 aromatic heterocycles. The molecule has 7 nitrogen and oxygen atoms in total. The molecule has 1 aliphatic heterocycles. The van der Waals surface area contributed by atoms with Crippen molar-refractivity contribution >= 4 is 39.7 Å². The number of thiazole rings is 1. The summed E-state index contributed by atoms with van der Waals surface area (Å²) < 4.78 is 28.5. The van der Waals surface area contributed by atoms with Gasteiger partial charge in [-0.2, -0.15) is 0 Å². The van der Waals surface area contributed by atoms with Gasteiger partial charge in [0, 0.05) is 23.3 Å². The van der Waals surface area contributed by atoms with Crippen molar-refractivity contribution in [1.29, 1.82) is 0 Å². The van der Waals surface area contributed by atoms with E-state index in [9.17, 15) is 18.4 Å². The van der Waals surface area contributed by atoms with Gasteiger partial charge in [-0.05, 0) is 75.2 Å². The number of ketones is 1. The Labute approximate surface area is 199 Å². The minimum atomic E-state index is -0.947. The fraction of sp³-hybridized carbons (Fsp3) is 0.292. The van der Waals surface area contributed by atoms with Crippen LogP contribution in [0.15, 0.2) is 36.4 Å². The van der Waals surface area contributed by atoms with E-state index in [1.54, 1.807) is 24.3 Å². The highest BCUT2D eigenvalue weighted by Crippen LogP contribution is 2.31. The maximum absolute atomic E-state index is 14.2. The summed E-state index contributed by atoms with van der Waals surface area (Å²) in [5.41, 5.74) is 6.69. The second kappa shape index (κ2) is 9.86. The topological polar surface area (TPSA) is 109 Å². The van der Waals surface area contributed by atoms with E-state index in [1.807, 2.05) is 6.92 Å². The predicted octanol–water partition coefficient (Wildman–Crippen LogP) is 4.16. The van der Waals surface area contributed by atoms with E-state index in [1.165, 1.54) is 6.92 Å². The Bertz CT molecular complexity index is 1200. The van der Waals surface area contributed by atoms with E-state index in [2.05, 4.69) is 20.9 Å². The lowest BCUT2D eigenvalue weighted by Gasteiger charge is -2.20. The molecule has 1 fully saturated rings. The Kier molecular flexibility index (Phi) is 6.90. The fourth-order valence-electron chi connectivity index (χ4n) is 3.94. The number of rotatable bonds is 7. The summed E-state index contributed by atoms with van der Waals surface area (Å²) in [6.07, 6.45) is 2.14. The van der Waals surface area contributed by atoms with Gasteiger partial charge in [-0.3, -0.25) is 9.59 Å². The molecule has 1 aliphatic rings. The van der Waals surface area contributed by atoms with Gasteiger partial charge in [-0.15, -0.1) is 0 Å². The van der Waals surface area contributed by atoms with E-state index in [0.717, 1.165) is 42.9 Å². The zero-order valence-electron chi connectivity index (χ0n) is 18.7. The quantitative estimate of drug-likeness (QED) is 0.374. The largest absolute Gasteiger partial charge is 0.382 e. The highest BCUT2D eigenvalue weighted by molar-refractivity contribution is 7.18. The third kappa shape index (κ3) is 5.07. The molecular weight excluding hydrogens is 460 g/mol. The molecule has 34 heavy (non-hydrogen) atoms. The summed E-state index contributed by atoms with van der Waals surface area (Å²) >= 11 is 0.896. The number of hydrogen-bond donors (Lipinski definition) is 4. The van der Waals surface area contributed by atoms with Gasteiger partial charge >= 0.3 is 0 Å². The molecule has 2 heterocycles. The van der Waals surface area contributed by atoms with Gasteiger partial charge in [0.1, 0.15) is 22.3 Å². The van der Waals surface area contributed by atoms with E-state index in [0.29, 0.717) is 16.8 Å². The Morgan fingerprint density at radius 3 is 2.50 bits per heavy atom. The summed E-state index contributed by atoms with van der Waals surface area (Å²) in [7, 11) is 0. The van der Waals surface area contributed by atoms with Crippen molar-refractivity contribution in [1.82, 2.24) is 15.6 Å². The first-order valence-electron chi connectivity index (χ1n) is 10.9. The number of amides is 1. The number of nitrogen functional groups attached to an aromatic ring is 1. The molecule has 3 aromatic rings. The number of carbonyl (C=O) groups is 2. The lowest BCUT2D eigenvalue weighted by molar-refractivity contribution is 0.0932. The molecule has 1 saturated heterocycles. The molecule has 0 bridgehead atoms. The van der Waals surface area contributed by atoms with Gasteiger partial charge in [0.25, 0.3) is 5.91 Å². The average molecular weight is 486 g/mol. The van der Waals surface area contributed by atoms with Gasteiger partial charge in [-0.1, -0.05) is 11.3 Å². The highest BCUT2D eigenvalue weighted by Gasteiger charge is 2.25. The first-order valence-corrected chi connectivity index (χ1v) is 11.7. The number of aryl methyl sites for hydroxylation is 1. The van der Waals surface area contributed by atoms with Crippen molar-refractivity contribution in [3.05, 3.63) is 69.6 Å². The molecule has 0 radical (unpaired) electrons. The third-order valence-corrected chi connectivity index (χ3v) is 6.72. The Morgan fingerprint density at radius 1 is 1.21 bits per heavy atom. The first kappa shape index (κ1) is 23.8. The number of aromatic nitrogens is 1. The van der Waals surface area contributed by atoms with Crippen molar-refractivity contribution < 1.29 is 18.4 Å². The highest BCUT2D eigenvalue weighted by atomic mass is 32.1. The normalized spacial score (nSPS) is 16.3. The molecular formula is C24H25F2N5O2S. The van der Waals surface area contributed by atoms with Crippen molar-refractivity contribution in [2.45, 2.75) is 38.8 Å². The van der Waals surface area contributed by atoms with Crippen LogP contribution in [0.3, 0.4) is 0 Å². The monoisotopic (exact) mass is 485 g/mol. The van der Waals surface area contributed by atoms with E-state index in [-0.39, 0.29) is 33.8 Å².